The maximum atomic E-state index is 13.7. The van der Waals surface area contributed by atoms with Gasteiger partial charge in [-0.2, -0.15) is 0 Å². The number of ketones is 1. The van der Waals surface area contributed by atoms with Crippen LogP contribution in [0.4, 0.5) is 4.39 Å². The van der Waals surface area contributed by atoms with Crippen LogP contribution in [0.2, 0.25) is 0 Å². The lowest BCUT2D eigenvalue weighted by atomic mass is 9.94. The number of pyridine rings is 1. The van der Waals surface area contributed by atoms with Crippen molar-refractivity contribution in [2.45, 2.75) is 26.1 Å². The molecule has 1 amide bonds. The van der Waals surface area contributed by atoms with Crippen LogP contribution in [-0.4, -0.2) is 26.7 Å². The number of halogens is 1. The van der Waals surface area contributed by atoms with Crippen molar-refractivity contribution >= 4 is 17.4 Å². The molecule has 0 radical (unpaired) electrons. The van der Waals surface area contributed by atoms with Crippen LogP contribution in [0.5, 0.6) is 5.75 Å². The summed E-state index contributed by atoms with van der Waals surface area (Å²) >= 11 is 0. The van der Waals surface area contributed by atoms with Crippen LogP contribution in [-0.2, 0) is 22.7 Å². The molecule has 1 aromatic heterocycles. The van der Waals surface area contributed by atoms with E-state index >= 15 is 0 Å². The second kappa shape index (κ2) is 10.7. The largest absolute Gasteiger partial charge is 0.507 e. The molecule has 0 aliphatic carbocycles. The first-order chi connectivity index (χ1) is 18.4. The number of likely N-dealkylation sites (tertiary alicyclic amines) is 1. The van der Waals surface area contributed by atoms with Crippen molar-refractivity contribution in [1.29, 1.82) is 0 Å². The molecule has 1 aliphatic heterocycles. The number of hydrogen-bond donors (Lipinski definition) is 1. The molecule has 38 heavy (non-hydrogen) atoms. The first-order valence-electron chi connectivity index (χ1n) is 12.1. The second-order valence-electron chi connectivity index (χ2n) is 9.05. The number of aliphatic hydroxyl groups excluding tert-OH is 1. The van der Waals surface area contributed by atoms with Gasteiger partial charge in [0.1, 0.15) is 23.9 Å². The van der Waals surface area contributed by atoms with Gasteiger partial charge >= 0.3 is 0 Å². The lowest BCUT2D eigenvalue weighted by Gasteiger charge is -2.25. The molecule has 2 heterocycles. The van der Waals surface area contributed by atoms with Gasteiger partial charge in [0.2, 0.25) is 0 Å². The zero-order valence-electron chi connectivity index (χ0n) is 20.7. The summed E-state index contributed by atoms with van der Waals surface area (Å²) in [7, 11) is 0. The summed E-state index contributed by atoms with van der Waals surface area (Å²) in [4.78, 5) is 32.0. The molecule has 1 fully saturated rings. The topological polar surface area (TPSA) is 79.7 Å². The summed E-state index contributed by atoms with van der Waals surface area (Å²) in [5.74, 6) is -1.69. The van der Waals surface area contributed by atoms with Crippen molar-refractivity contribution in [2.75, 3.05) is 0 Å². The van der Waals surface area contributed by atoms with Gasteiger partial charge in [0.15, 0.2) is 0 Å². The predicted molar refractivity (Wildman–Crippen MR) is 140 cm³/mol. The summed E-state index contributed by atoms with van der Waals surface area (Å²) in [5.41, 5.74) is 3.17. The van der Waals surface area contributed by atoms with E-state index in [4.69, 9.17) is 4.74 Å². The normalized spacial score (nSPS) is 16.6. The smallest absolute Gasteiger partial charge is 0.296 e. The number of aliphatic hydroxyl groups is 1. The van der Waals surface area contributed by atoms with E-state index in [-0.39, 0.29) is 17.9 Å². The van der Waals surface area contributed by atoms with E-state index in [2.05, 4.69) is 4.98 Å². The van der Waals surface area contributed by atoms with Gasteiger partial charge in [-0.3, -0.25) is 14.6 Å². The Hall–Kier alpha value is -4.78. The lowest BCUT2D eigenvalue weighted by molar-refractivity contribution is -0.140. The molecule has 6 nitrogen and oxygen atoms in total. The molecule has 0 spiro atoms. The highest BCUT2D eigenvalue weighted by atomic mass is 19.1. The van der Waals surface area contributed by atoms with E-state index in [1.165, 1.54) is 29.2 Å². The molecule has 1 unspecified atom stereocenters. The number of benzene rings is 3. The average molecular weight is 509 g/mol. The van der Waals surface area contributed by atoms with Crippen molar-refractivity contribution in [1.82, 2.24) is 9.88 Å². The number of Topliss-reactive ketones (excluding diaryl/α,β-unsaturated/α-hetero) is 1. The highest BCUT2D eigenvalue weighted by Gasteiger charge is 2.46. The number of aromatic nitrogens is 1. The van der Waals surface area contributed by atoms with Crippen LogP contribution in [0.25, 0.3) is 5.76 Å². The third-order valence-electron chi connectivity index (χ3n) is 6.47. The Kier molecular flexibility index (Phi) is 7.00. The van der Waals surface area contributed by atoms with Gasteiger partial charge in [-0.15, -0.1) is 0 Å². The molecular weight excluding hydrogens is 483 g/mol. The third kappa shape index (κ3) is 5.04. The zero-order chi connectivity index (χ0) is 26.6. The van der Waals surface area contributed by atoms with Gasteiger partial charge in [0.25, 0.3) is 11.7 Å². The summed E-state index contributed by atoms with van der Waals surface area (Å²) in [6.45, 7) is 2.28. The summed E-state index contributed by atoms with van der Waals surface area (Å²) < 4.78 is 19.7. The fourth-order valence-corrected chi connectivity index (χ4v) is 4.55. The minimum atomic E-state index is -0.910. The molecule has 1 aliphatic rings. The number of carbonyl (C=O) groups is 2. The Balaban J connectivity index is 1.51. The number of rotatable bonds is 7. The highest BCUT2D eigenvalue weighted by Crippen LogP contribution is 2.40. The minimum Gasteiger partial charge on any atom is -0.507 e. The van der Waals surface area contributed by atoms with Crippen LogP contribution in [0.15, 0.2) is 103 Å². The molecule has 5 rings (SSSR count). The summed E-state index contributed by atoms with van der Waals surface area (Å²) in [6.07, 6.45) is 1.60. The number of aryl methyl sites for hydroxylation is 1. The first kappa shape index (κ1) is 24.9. The van der Waals surface area contributed by atoms with Crippen molar-refractivity contribution < 1.29 is 23.8 Å². The number of hydrogen-bond acceptors (Lipinski definition) is 5. The molecule has 190 valence electrons. The van der Waals surface area contributed by atoms with Gasteiger partial charge in [-0.1, -0.05) is 48.5 Å². The third-order valence-corrected chi connectivity index (χ3v) is 6.47. The molecule has 1 atom stereocenters. The van der Waals surface area contributed by atoms with Crippen molar-refractivity contribution in [2.24, 2.45) is 0 Å². The fourth-order valence-electron chi connectivity index (χ4n) is 4.55. The van der Waals surface area contributed by atoms with E-state index in [1.807, 2.05) is 37.3 Å². The monoisotopic (exact) mass is 508 g/mol. The van der Waals surface area contributed by atoms with Gasteiger partial charge in [0.05, 0.1) is 23.9 Å². The maximum absolute atomic E-state index is 13.7. The van der Waals surface area contributed by atoms with Crippen molar-refractivity contribution in [3.8, 4) is 5.75 Å². The average Bonchev–Trinajstić information content (AvgIpc) is 3.18. The predicted octanol–water partition coefficient (Wildman–Crippen LogP) is 5.73. The molecule has 3 aromatic carbocycles. The molecular formula is C31H25FN2O4. The van der Waals surface area contributed by atoms with E-state index in [0.29, 0.717) is 29.2 Å². The van der Waals surface area contributed by atoms with E-state index < -0.39 is 23.5 Å². The Bertz CT molecular complexity index is 1500. The Morgan fingerprint density at radius 3 is 2.39 bits per heavy atom. The first-order valence-corrected chi connectivity index (χ1v) is 12.1. The number of nitrogens with zero attached hydrogens (tertiary/aromatic N) is 2. The Morgan fingerprint density at radius 1 is 0.974 bits per heavy atom. The Labute approximate surface area is 219 Å². The van der Waals surface area contributed by atoms with Crippen LogP contribution in [0.1, 0.15) is 34.0 Å². The van der Waals surface area contributed by atoms with Crippen LogP contribution < -0.4 is 4.74 Å². The van der Waals surface area contributed by atoms with Gasteiger partial charge < -0.3 is 14.7 Å². The number of carbonyl (C=O) groups excluding carboxylic acids is 2. The zero-order valence-corrected chi connectivity index (χ0v) is 20.7. The van der Waals surface area contributed by atoms with Gasteiger partial charge in [0, 0.05) is 11.8 Å². The molecule has 1 N–H and O–H groups in total. The van der Waals surface area contributed by atoms with Crippen LogP contribution in [0.3, 0.4) is 0 Å². The van der Waals surface area contributed by atoms with Crippen LogP contribution in [0, 0.1) is 12.7 Å². The number of ether oxygens (including phenoxy) is 1. The summed E-state index contributed by atoms with van der Waals surface area (Å²) in [5, 5.41) is 11.4. The standard InChI is InChI=1S/C31H25FN2O4/c1-20-17-23(12-15-26(20)38-19-21-7-3-2-4-8-21)29(35)27-28(22-10-13-24(32)14-11-22)34(31(37)30(27)36)18-25-9-5-6-16-33-25/h2-17,28,35H,18-19H2,1H3/b29-27-. The summed E-state index contributed by atoms with van der Waals surface area (Å²) in [6, 6.07) is 24.8. The van der Waals surface area contributed by atoms with Gasteiger partial charge in [-0.05, 0) is 66.1 Å². The molecule has 1 saturated heterocycles. The van der Waals surface area contributed by atoms with Gasteiger partial charge in [-0.25, -0.2) is 4.39 Å². The lowest BCUT2D eigenvalue weighted by Crippen LogP contribution is -2.29. The minimum absolute atomic E-state index is 0.0511. The molecule has 4 aromatic rings. The van der Waals surface area contributed by atoms with Crippen LogP contribution >= 0.6 is 0 Å². The fraction of sp³-hybridized carbons (Fsp3) is 0.129. The highest BCUT2D eigenvalue weighted by molar-refractivity contribution is 6.46. The van der Waals surface area contributed by atoms with Crippen molar-refractivity contribution in [3.05, 3.63) is 137 Å². The Morgan fingerprint density at radius 2 is 1.71 bits per heavy atom. The van der Waals surface area contributed by atoms with E-state index in [1.54, 1.807) is 42.6 Å². The number of amides is 1. The van der Waals surface area contributed by atoms with Crippen molar-refractivity contribution in [3.63, 3.8) is 0 Å². The molecule has 0 saturated carbocycles. The maximum Gasteiger partial charge on any atom is 0.296 e. The second-order valence-corrected chi connectivity index (χ2v) is 9.05. The SMILES string of the molecule is Cc1cc(/C(O)=C2/C(=O)C(=O)N(Cc3ccccn3)C2c2ccc(F)cc2)ccc1OCc1ccccc1. The quantitative estimate of drug-likeness (QED) is 0.196. The molecule has 7 heteroatoms. The van der Waals surface area contributed by atoms with E-state index in [0.717, 1.165) is 11.1 Å². The molecule has 0 bridgehead atoms. The van der Waals surface area contributed by atoms with E-state index in [9.17, 15) is 19.1 Å².